The number of rotatable bonds is 4. The van der Waals surface area contributed by atoms with Crippen molar-refractivity contribution in [3.05, 3.63) is 46.6 Å². The van der Waals surface area contributed by atoms with Crippen LogP contribution in [0.4, 0.5) is 0 Å². The Kier molecular flexibility index (Phi) is 5.10. The highest BCUT2D eigenvalue weighted by atomic mass is 16.5. The van der Waals surface area contributed by atoms with Crippen molar-refractivity contribution in [2.45, 2.75) is 32.6 Å². The number of ether oxygens (including phenoxy) is 4. The molecule has 0 radical (unpaired) electrons. The molecule has 1 aliphatic carbocycles. The first-order chi connectivity index (χ1) is 13.2. The maximum atomic E-state index is 13.1. The van der Waals surface area contributed by atoms with E-state index in [1.54, 1.807) is 25.3 Å². The van der Waals surface area contributed by atoms with Gasteiger partial charge in [-0.15, -0.1) is 0 Å². The summed E-state index contributed by atoms with van der Waals surface area (Å²) in [5.41, 5.74) is 7.01. The molecule has 1 aliphatic heterocycles. The maximum absolute atomic E-state index is 13.1. The van der Waals surface area contributed by atoms with Gasteiger partial charge in [0.15, 0.2) is 5.78 Å². The number of Topliss-reactive ketones (excluding diaryl/α,β-unsaturated/α-hetero) is 1. The molecule has 0 spiro atoms. The zero-order valence-electron chi connectivity index (χ0n) is 16.8. The van der Waals surface area contributed by atoms with Crippen molar-refractivity contribution >= 4 is 11.8 Å². The number of methoxy groups -OCH3 is 3. The molecule has 3 rings (SSSR count). The average molecular weight is 387 g/mol. The third kappa shape index (κ3) is 3.32. The van der Waals surface area contributed by atoms with Crippen LogP contribution in [-0.2, 0) is 19.1 Å². The zero-order chi connectivity index (χ0) is 20.6. The zero-order valence-corrected chi connectivity index (χ0v) is 16.8. The fourth-order valence-corrected chi connectivity index (χ4v) is 3.86. The second-order valence-electron chi connectivity index (χ2n) is 7.69. The number of benzene rings is 1. The van der Waals surface area contributed by atoms with Gasteiger partial charge in [-0.1, -0.05) is 19.9 Å². The molecular formula is C21H25NO6. The summed E-state index contributed by atoms with van der Waals surface area (Å²) in [5.74, 6) is 0.0425. The summed E-state index contributed by atoms with van der Waals surface area (Å²) in [6.45, 7) is 3.99. The summed E-state index contributed by atoms with van der Waals surface area (Å²) in [7, 11) is 4.33. The van der Waals surface area contributed by atoms with Crippen LogP contribution in [0.5, 0.6) is 11.5 Å². The van der Waals surface area contributed by atoms with Gasteiger partial charge in [0.2, 0.25) is 5.88 Å². The van der Waals surface area contributed by atoms with E-state index in [1.807, 2.05) is 13.8 Å². The van der Waals surface area contributed by atoms with E-state index in [2.05, 4.69) is 0 Å². The molecular weight excluding hydrogens is 362 g/mol. The molecule has 1 heterocycles. The van der Waals surface area contributed by atoms with E-state index in [-0.39, 0.29) is 22.7 Å². The molecule has 0 saturated carbocycles. The standard InChI is InChI=1S/C21H25NO6/c1-21(2)9-13(23)17-15(10-21)28-19(22)18(20(24)27-5)16(17)12-7-6-11(25-3)8-14(12)26-4/h6-8,16H,9-10,22H2,1-5H3. The Bertz CT molecular complexity index is 896. The van der Waals surface area contributed by atoms with Crippen molar-refractivity contribution in [2.75, 3.05) is 21.3 Å². The SMILES string of the molecule is COC(=O)C1=C(N)OC2=C(C(=O)CC(C)(C)C2)C1c1ccc(OC)cc1OC. The summed E-state index contributed by atoms with van der Waals surface area (Å²) in [6, 6.07) is 5.21. The molecule has 0 saturated heterocycles. The number of esters is 1. The monoisotopic (exact) mass is 387 g/mol. The predicted octanol–water partition coefficient (Wildman–Crippen LogP) is 2.80. The number of hydrogen-bond donors (Lipinski definition) is 1. The second-order valence-corrected chi connectivity index (χ2v) is 7.69. The molecule has 0 amide bonds. The lowest BCUT2D eigenvalue weighted by molar-refractivity contribution is -0.136. The lowest BCUT2D eigenvalue weighted by Crippen LogP contribution is -2.35. The summed E-state index contributed by atoms with van der Waals surface area (Å²) in [5, 5.41) is 0. The Hall–Kier alpha value is -2.96. The summed E-state index contributed by atoms with van der Waals surface area (Å²) < 4.78 is 21.5. The van der Waals surface area contributed by atoms with E-state index >= 15 is 0 Å². The molecule has 1 aromatic rings. The number of carbonyl (C=O) groups excluding carboxylic acids is 2. The topological polar surface area (TPSA) is 97.1 Å². The van der Waals surface area contributed by atoms with Gasteiger partial charge >= 0.3 is 5.97 Å². The molecule has 0 fully saturated rings. The fraction of sp³-hybridized carbons (Fsp3) is 0.429. The molecule has 0 bridgehead atoms. The summed E-state index contributed by atoms with van der Waals surface area (Å²) in [4.78, 5) is 25.6. The van der Waals surface area contributed by atoms with Gasteiger partial charge in [0.25, 0.3) is 0 Å². The minimum Gasteiger partial charge on any atom is -0.497 e. The van der Waals surface area contributed by atoms with Crippen LogP contribution in [0.25, 0.3) is 0 Å². The van der Waals surface area contributed by atoms with E-state index in [0.717, 1.165) is 0 Å². The second kappa shape index (κ2) is 7.22. The number of nitrogens with two attached hydrogens (primary N) is 1. The van der Waals surface area contributed by atoms with Crippen LogP contribution in [0, 0.1) is 5.41 Å². The number of carbonyl (C=O) groups is 2. The quantitative estimate of drug-likeness (QED) is 0.794. The van der Waals surface area contributed by atoms with E-state index in [9.17, 15) is 9.59 Å². The Morgan fingerprint density at radius 1 is 1.18 bits per heavy atom. The normalized spacial score (nSPS) is 21.0. The minimum absolute atomic E-state index is 0.0565. The molecule has 2 N–H and O–H groups in total. The highest BCUT2D eigenvalue weighted by Gasteiger charge is 2.45. The van der Waals surface area contributed by atoms with E-state index in [1.165, 1.54) is 14.2 Å². The van der Waals surface area contributed by atoms with Crippen molar-refractivity contribution in [1.29, 1.82) is 0 Å². The van der Waals surface area contributed by atoms with Crippen molar-refractivity contribution in [3.8, 4) is 11.5 Å². The van der Waals surface area contributed by atoms with Gasteiger partial charge in [0, 0.05) is 30.0 Å². The van der Waals surface area contributed by atoms with Crippen LogP contribution in [0.3, 0.4) is 0 Å². The third-order valence-corrected chi connectivity index (χ3v) is 5.11. The van der Waals surface area contributed by atoms with Crippen LogP contribution in [0.2, 0.25) is 0 Å². The van der Waals surface area contributed by atoms with E-state index in [4.69, 9.17) is 24.7 Å². The van der Waals surface area contributed by atoms with Gasteiger partial charge in [-0.05, 0) is 11.5 Å². The largest absolute Gasteiger partial charge is 0.497 e. The van der Waals surface area contributed by atoms with Crippen LogP contribution in [-0.4, -0.2) is 33.1 Å². The molecule has 1 atom stereocenters. The predicted molar refractivity (Wildman–Crippen MR) is 102 cm³/mol. The van der Waals surface area contributed by atoms with Crippen molar-refractivity contribution < 1.29 is 28.5 Å². The van der Waals surface area contributed by atoms with Gasteiger partial charge < -0.3 is 24.7 Å². The number of ketones is 1. The highest BCUT2D eigenvalue weighted by Crippen LogP contribution is 2.50. The molecule has 150 valence electrons. The minimum atomic E-state index is -0.736. The molecule has 7 heteroatoms. The molecule has 1 unspecified atom stereocenters. The lowest BCUT2D eigenvalue weighted by Gasteiger charge is -2.38. The van der Waals surface area contributed by atoms with Crippen LogP contribution >= 0.6 is 0 Å². The van der Waals surface area contributed by atoms with Gasteiger partial charge in [0.05, 0.1) is 27.2 Å². The lowest BCUT2D eigenvalue weighted by atomic mass is 9.70. The van der Waals surface area contributed by atoms with Gasteiger partial charge in [-0.2, -0.15) is 0 Å². The fourth-order valence-electron chi connectivity index (χ4n) is 3.86. The molecule has 1 aromatic carbocycles. The molecule has 0 aromatic heterocycles. The molecule has 7 nitrogen and oxygen atoms in total. The Morgan fingerprint density at radius 3 is 2.50 bits per heavy atom. The van der Waals surface area contributed by atoms with Crippen LogP contribution in [0.15, 0.2) is 41.0 Å². The first-order valence-corrected chi connectivity index (χ1v) is 8.96. The van der Waals surface area contributed by atoms with E-state index in [0.29, 0.717) is 41.2 Å². The van der Waals surface area contributed by atoms with Gasteiger partial charge in [-0.25, -0.2) is 4.79 Å². The maximum Gasteiger partial charge on any atom is 0.340 e. The van der Waals surface area contributed by atoms with Crippen molar-refractivity contribution in [3.63, 3.8) is 0 Å². The van der Waals surface area contributed by atoms with Crippen LogP contribution < -0.4 is 15.2 Å². The van der Waals surface area contributed by atoms with Crippen molar-refractivity contribution in [2.24, 2.45) is 11.1 Å². The first-order valence-electron chi connectivity index (χ1n) is 8.96. The van der Waals surface area contributed by atoms with E-state index < -0.39 is 11.9 Å². The van der Waals surface area contributed by atoms with Gasteiger partial charge in [-0.3, -0.25) is 4.79 Å². The Labute approximate surface area is 164 Å². The van der Waals surface area contributed by atoms with Crippen molar-refractivity contribution in [1.82, 2.24) is 0 Å². The summed E-state index contributed by atoms with van der Waals surface area (Å²) in [6.07, 6.45) is 0.886. The van der Waals surface area contributed by atoms with Crippen LogP contribution in [0.1, 0.15) is 38.2 Å². The molecule has 2 aliphatic rings. The molecule has 28 heavy (non-hydrogen) atoms. The van der Waals surface area contributed by atoms with Gasteiger partial charge in [0.1, 0.15) is 22.8 Å². The first kappa shape index (κ1) is 19.8. The third-order valence-electron chi connectivity index (χ3n) is 5.11. The Balaban J connectivity index is 2.25. The number of hydrogen-bond acceptors (Lipinski definition) is 7. The highest BCUT2D eigenvalue weighted by molar-refractivity contribution is 6.03. The smallest absolute Gasteiger partial charge is 0.340 e. The Morgan fingerprint density at radius 2 is 1.89 bits per heavy atom. The average Bonchev–Trinajstić information content (AvgIpc) is 2.64. The number of allylic oxidation sites excluding steroid dienone is 2. The summed E-state index contributed by atoms with van der Waals surface area (Å²) >= 11 is 0.